The number of hydrogen-bond donors (Lipinski definition) is 2. The third-order valence-electron chi connectivity index (χ3n) is 2.93. The van der Waals surface area contributed by atoms with Gasteiger partial charge in [0.15, 0.2) is 0 Å². The van der Waals surface area contributed by atoms with Crippen LogP contribution in [-0.4, -0.2) is 20.5 Å². The van der Waals surface area contributed by atoms with Crippen molar-refractivity contribution in [3.05, 3.63) is 36.4 Å². The number of rotatable bonds is 5. The van der Waals surface area contributed by atoms with E-state index in [-0.39, 0.29) is 6.04 Å². The molecule has 0 aliphatic heterocycles. The van der Waals surface area contributed by atoms with Crippen molar-refractivity contribution in [1.29, 1.82) is 0 Å². The van der Waals surface area contributed by atoms with Crippen molar-refractivity contribution >= 4 is 15.7 Å². The summed E-state index contributed by atoms with van der Waals surface area (Å²) in [6.45, 7) is 3.61. The summed E-state index contributed by atoms with van der Waals surface area (Å²) in [5, 5.41) is 3.38. The van der Waals surface area contributed by atoms with Gasteiger partial charge >= 0.3 is 0 Å². The third-order valence-corrected chi connectivity index (χ3v) is 4.61. The molecule has 0 saturated heterocycles. The van der Waals surface area contributed by atoms with E-state index in [2.05, 4.69) is 22.2 Å². The Labute approximate surface area is 115 Å². The lowest BCUT2D eigenvalue weighted by Crippen LogP contribution is -2.30. The molecule has 0 unspecified atom stereocenters. The number of benzene rings is 1. The summed E-state index contributed by atoms with van der Waals surface area (Å²) in [5.74, 6) is 0. The maximum atomic E-state index is 12.0. The second-order valence-electron chi connectivity index (χ2n) is 5.08. The van der Waals surface area contributed by atoms with Gasteiger partial charge < -0.3 is 5.32 Å². The second-order valence-corrected chi connectivity index (χ2v) is 6.80. The zero-order valence-electron chi connectivity index (χ0n) is 11.3. The van der Waals surface area contributed by atoms with Crippen molar-refractivity contribution < 1.29 is 8.42 Å². The maximum absolute atomic E-state index is 12.0. The van der Waals surface area contributed by atoms with E-state index in [1.807, 2.05) is 12.1 Å². The zero-order valence-corrected chi connectivity index (χ0v) is 12.1. The van der Waals surface area contributed by atoms with Crippen LogP contribution in [0.15, 0.2) is 41.3 Å². The van der Waals surface area contributed by atoms with E-state index < -0.39 is 10.0 Å². The summed E-state index contributed by atoms with van der Waals surface area (Å²) in [4.78, 5) is 0.302. The van der Waals surface area contributed by atoms with Crippen LogP contribution in [0.25, 0.3) is 0 Å². The molecule has 2 N–H and O–H groups in total. The highest BCUT2D eigenvalue weighted by Crippen LogP contribution is 2.19. The van der Waals surface area contributed by atoms with Gasteiger partial charge in [0.1, 0.15) is 0 Å². The lowest BCUT2D eigenvalue weighted by Gasteiger charge is -2.14. The first-order chi connectivity index (χ1) is 8.97. The summed E-state index contributed by atoms with van der Waals surface area (Å²) in [6.07, 6.45) is 6.36. The molecule has 19 heavy (non-hydrogen) atoms. The smallest absolute Gasteiger partial charge is 0.240 e. The Morgan fingerprint density at radius 1 is 1.11 bits per heavy atom. The molecule has 4 nitrogen and oxygen atoms in total. The number of hydrogen-bond acceptors (Lipinski definition) is 3. The lowest BCUT2D eigenvalue weighted by atomic mass is 10.2. The molecule has 0 radical (unpaired) electrons. The van der Waals surface area contributed by atoms with Crippen LogP contribution in [-0.2, 0) is 10.0 Å². The Morgan fingerprint density at radius 3 is 2.21 bits per heavy atom. The van der Waals surface area contributed by atoms with Gasteiger partial charge in [-0.25, -0.2) is 13.1 Å². The van der Waals surface area contributed by atoms with Crippen LogP contribution in [0.5, 0.6) is 0 Å². The minimum Gasteiger partial charge on any atom is -0.382 e. The fourth-order valence-electron chi connectivity index (χ4n) is 2.08. The molecule has 0 fully saturated rings. The average Bonchev–Trinajstić information content (AvgIpc) is 2.81. The summed E-state index contributed by atoms with van der Waals surface area (Å²) < 4.78 is 26.5. The molecular formula is C14H20N2O2S. The molecule has 0 amide bonds. The Hall–Kier alpha value is -1.33. The monoisotopic (exact) mass is 280 g/mol. The van der Waals surface area contributed by atoms with Gasteiger partial charge in [0, 0.05) is 17.8 Å². The molecule has 0 saturated carbocycles. The first kappa shape index (κ1) is 14.1. The molecule has 0 atom stereocenters. The van der Waals surface area contributed by atoms with Crippen molar-refractivity contribution in [2.45, 2.75) is 43.7 Å². The Bertz CT molecular complexity index is 539. The fourth-order valence-corrected chi connectivity index (χ4v) is 3.33. The second kappa shape index (κ2) is 5.75. The van der Waals surface area contributed by atoms with Crippen molar-refractivity contribution in [1.82, 2.24) is 4.72 Å². The fraction of sp³-hybridized carbons (Fsp3) is 0.429. The molecule has 0 heterocycles. The molecule has 2 rings (SSSR count). The molecule has 1 aromatic carbocycles. The quantitative estimate of drug-likeness (QED) is 0.815. The molecule has 1 aliphatic rings. The highest BCUT2D eigenvalue weighted by molar-refractivity contribution is 7.89. The Kier molecular flexibility index (Phi) is 4.27. The molecule has 0 bridgehead atoms. The summed E-state index contributed by atoms with van der Waals surface area (Å²) >= 11 is 0. The minimum absolute atomic E-state index is 0.104. The summed E-state index contributed by atoms with van der Waals surface area (Å²) in [5.41, 5.74) is 0.956. The lowest BCUT2D eigenvalue weighted by molar-refractivity contribution is 0.570. The van der Waals surface area contributed by atoms with E-state index in [9.17, 15) is 8.42 Å². The summed E-state index contributed by atoms with van der Waals surface area (Å²) in [6, 6.07) is 7.22. The van der Waals surface area contributed by atoms with Crippen LogP contribution in [0, 0.1) is 0 Å². The van der Waals surface area contributed by atoms with Crippen LogP contribution >= 0.6 is 0 Å². The van der Waals surface area contributed by atoms with Crippen molar-refractivity contribution in [2.75, 3.05) is 5.32 Å². The first-order valence-electron chi connectivity index (χ1n) is 6.51. The van der Waals surface area contributed by atoms with Gasteiger partial charge in [-0.1, -0.05) is 12.2 Å². The number of nitrogens with one attached hydrogen (secondary N) is 2. The van der Waals surface area contributed by atoms with Gasteiger partial charge in [-0.2, -0.15) is 0 Å². The molecular weight excluding hydrogens is 260 g/mol. The SMILES string of the molecule is CC(C)NS(=O)(=O)c1ccc(NC2CC=CC2)cc1. The van der Waals surface area contributed by atoms with E-state index in [4.69, 9.17) is 0 Å². The minimum atomic E-state index is -3.39. The van der Waals surface area contributed by atoms with Crippen LogP contribution < -0.4 is 10.0 Å². The van der Waals surface area contributed by atoms with Crippen LogP contribution in [0.3, 0.4) is 0 Å². The summed E-state index contributed by atoms with van der Waals surface area (Å²) in [7, 11) is -3.39. The average molecular weight is 280 g/mol. The number of anilines is 1. The van der Waals surface area contributed by atoms with E-state index in [0.717, 1.165) is 18.5 Å². The molecule has 5 heteroatoms. The predicted molar refractivity (Wildman–Crippen MR) is 77.7 cm³/mol. The Morgan fingerprint density at radius 2 is 1.68 bits per heavy atom. The van der Waals surface area contributed by atoms with Gasteiger partial charge in [-0.05, 0) is 51.0 Å². The van der Waals surface area contributed by atoms with Crippen molar-refractivity contribution in [3.8, 4) is 0 Å². The zero-order chi connectivity index (χ0) is 13.9. The maximum Gasteiger partial charge on any atom is 0.240 e. The topological polar surface area (TPSA) is 58.2 Å². The molecule has 1 aliphatic carbocycles. The molecule has 1 aromatic rings. The molecule has 0 spiro atoms. The van der Waals surface area contributed by atoms with Crippen LogP contribution in [0.1, 0.15) is 26.7 Å². The van der Waals surface area contributed by atoms with Gasteiger partial charge in [-0.15, -0.1) is 0 Å². The van der Waals surface area contributed by atoms with Gasteiger partial charge in [0.05, 0.1) is 4.90 Å². The van der Waals surface area contributed by atoms with Crippen molar-refractivity contribution in [3.63, 3.8) is 0 Å². The van der Waals surface area contributed by atoms with Gasteiger partial charge in [-0.3, -0.25) is 0 Å². The largest absolute Gasteiger partial charge is 0.382 e. The predicted octanol–water partition coefficient (Wildman–Crippen LogP) is 2.50. The standard InChI is InChI=1S/C14H20N2O2S/c1-11(2)16-19(17,18)14-9-7-13(8-10-14)15-12-5-3-4-6-12/h3-4,7-12,15-16H,5-6H2,1-2H3. The van der Waals surface area contributed by atoms with E-state index >= 15 is 0 Å². The Balaban J connectivity index is 2.05. The third kappa shape index (κ3) is 3.81. The normalized spacial score (nSPS) is 16.2. The van der Waals surface area contributed by atoms with E-state index in [1.165, 1.54) is 0 Å². The van der Waals surface area contributed by atoms with Gasteiger partial charge in [0.2, 0.25) is 10.0 Å². The van der Waals surface area contributed by atoms with Crippen LogP contribution in [0.4, 0.5) is 5.69 Å². The highest BCUT2D eigenvalue weighted by Gasteiger charge is 2.15. The van der Waals surface area contributed by atoms with E-state index in [0.29, 0.717) is 10.9 Å². The number of sulfonamides is 1. The molecule has 104 valence electrons. The molecule has 0 aromatic heterocycles. The highest BCUT2D eigenvalue weighted by atomic mass is 32.2. The van der Waals surface area contributed by atoms with Crippen LogP contribution in [0.2, 0.25) is 0 Å². The van der Waals surface area contributed by atoms with E-state index in [1.54, 1.807) is 26.0 Å². The van der Waals surface area contributed by atoms with Crippen molar-refractivity contribution in [2.24, 2.45) is 0 Å². The van der Waals surface area contributed by atoms with Gasteiger partial charge in [0.25, 0.3) is 0 Å². The first-order valence-corrected chi connectivity index (χ1v) is 7.99.